The van der Waals surface area contributed by atoms with Crippen LogP contribution in [0.3, 0.4) is 0 Å². The molecule has 0 unspecified atom stereocenters. The largest absolute Gasteiger partial charge is 0.497 e. The van der Waals surface area contributed by atoms with Crippen LogP contribution in [0, 0.1) is 19.8 Å². The van der Waals surface area contributed by atoms with Crippen LogP contribution in [0.4, 0.5) is 0 Å². The summed E-state index contributed by atoms with van der Waals surface area (Å²) in [7, 11) is 1.66. The maximum absolute atomic E-state index is 12.1. The summed E-state index contributed by atoms with van der Waals surface area (Å²) in [5.41, 5.74) is 3.40. The number of aromatic nitrogens is 2. The summed E-state index contributed by atoms with van der Waals surface area (Å²) in [6.45, 7) is 10.0. The second-order valence-electron chi connectivity index (χ2n) is 6.81. The number of imidazole rings is 1. The molecule has 0 saturated heterocycles. The minimum absolute atomic E-state index is 0.0397. The van der Waals surface area contributed by atoms with Gasteiger partial charge < -0.3 is 14.6 Å². The maximum Gasteiger partial charge on any atom is 0.230 e. The summed E-state index contributed by atoms with van der Waals surface area (Å²) >= 11 is 1.51. The molecule has 2 rings (SSSR count). The molecule has 0 radical (unpaired) electrons. The molecule has 0 aliphatic heterocycles. The molecule has 0 atom stereocenters. The van der Waals surface area contributed by atoms with Gasteiger partial charge in [-0.2, -0.15) is 0 Å². The zero-order chi connectivity index (χ0) is 19.1. The first-order valence-corrected chi connectivity index (χ1v) is 9.95. The van der Waals surface area contributed by atoms with E-state index in [0.717, 1.165) is 29.6 Å². The van der Waals surface area contributed by atoms with E-state index in [-0.39, 0.29) is 5.91 Å². The number of hydrogen-bond donors (Lipinski definition) is 1. The van der Waals surface area contributed by atoms with Gasteiger partial charge in [0.1, 0.15) is 5.75 Å². The van der Waals surface area contributed by atoms with Gasteiger partial charge in [-0.15, -0.1) is 0 Å². The fourth-order valence-corrected chi connectivity index (χ4v) is 3.56. The summed E-state index contributed by atoms with van der Waals surface area (Å²) in [5, 5.41) is 3.91. The highest BCUT2D eigenvalue weighted by atomic mass is 32.2. The molecule has 1 aromatic carbocycles. The topological polar surface area (TPSA) is 56.1 Å². The molecule has 142 valence electrons. The van der Waals surface area contributed by atoms with Crippen molar-refractivity contribution < 1.29 is 9.53 Å². The molecule has 1 N–H and O–H groups in total. The number of hydrogen-bond acceptors (Lipinski definition) is 4. The molecular formula is C20H29N3O2S. The summed E-state index contributed by atoms with van der Waals surface area (Å²) in [6, 6.07) is 7.92. The minimum atomic E-state index is 0.0397. The van der Waals surface area contributed by atoms with E-state index in [2.05, 4.69) is 35.6 Å². The van der Waals surface area contributed by atoms with Gasteiger partial charge in [-0.05, 0) is 43.9 Å². The number of nitrogens with one attached hydrogen (secondary N) is 1. The van der Waals surface area contributed by atoms with E-state index in [1.807, 2.05) is 31.2 Å². The fraction of sp³-hybridized carbons (Fsp3) is 0.500. The third-order valence-electron chi connectivity index (χ3n) is 4.20. The van der Waals surface area contributed by atoms with Crippen molar-refractivity contribution in [2.24, 2.45) is 5.92 Å². The van der Waals surface area contributed by atoms with Crippen molar-refractivity contribution in [2.45, 2.75) is 45.8 Å². The van der Waals surface area contributed by atoms with Gasteiger partial charge in [0.05, 0.1) is 18.6 Å². The first kappa shape index (κ1) is 20.4. The third kappa shape index (κ3) is 5.80. The molecule has 26 heavy (non-hydrogen) atoms. The monoisotopic (exact) mass is 375 g/mol. The zero-order valence-electron chi connectivity index (χ0n) is 16.3. The van der Waals surface area contributed by atoms with Crippen molar-refractivity contribution in [1.82, 2.24) is 14.9 Å². The molecule has 0 aliphatic carbocycles. The van der Waals surface area contributed by atoms with Crippen molar-refractivity contribution >= 4 is 17.7 Å². The zero-order valence-corrected chi connectivity index (χ0v) is 17.2. The Kier molecular flexibility index (Phi) is 7.57. The fourth-order valence-electron chi connectivity index (χ4n) is 2.63. The Bertz CT molecular complexity index is 723. The lowest BCUT2D eigenvalue weighted by Crippen LogP contribution is -2.27. The van der Waals surface area contributed by atoms with E-state index < -0.39 is 0 Å². The highest BCUT2D eigenvalue weighted by molar-refractivity contribution is 7.99. The number of benzene rings is 1. The molecule has 1 heterocycles. The average Bonchev–Trinajstić information content (AvgIpc) is 2.88. The van der Waals surface area contributed by atoms with E-state index in [4.69, 9.17) is 4.74 Å². The number of methoxy groups -OCH3 is 1. The van der Waals surface area contributed by atoms with E-state index in [1.165, 1.54) is 23.0 Å². The first-order chi connectivity index (χ1) is 12.4. The van der Waals surface area contributed by atoms with Gasteiger partial charge in [0.2, 0.25) is 5.91 Å². The van der Waals surface area contributed by atoms with Crippen LogP contribution in [0.2, 0.25) is 0 Å². The number of rotatable bonds is 9. The lowest BCUT2D eigenvalue weighted by atomic mass is 10.1. The second-order valence-corrected chi connectivity index (χ2v) is 7.75. The highest BCUT2D eigenvalue weighted by Crippen LogP contribution is 2.22. The number of nitrogens with zero attached hydrogens (tertiary/aromatic N) is 2. The first-order valence-electron chi connectivity index (χ1n) is 8.96. The lowest BCUT2D eigenvalue weighted by molar-refractivity contribution is -0.118. The summed E-state index contributed by atoms with van der Waals surface area (Å²) in [6.07, 6.45) is 0.806. The normalized spacial score (nSPS) is 11.0. The van der Waals surface area contributed by atoms with Crippen molar-refractivity contribution in [1.29, 1.82) is 0 Å². The van der Waals surface area contributed by atoms with Crippen LogP contribution in [-0.2, 0) is 17.8 Å². The van der Waals surface area contributed by atoms with Gasteiger partial charge in [0, 0.05) is 18.8 Å². The number of carbonyl (C=O) groups excluding carboxylic acids is 1. The Morgan fingerprint density at radius 1 is 1.27 bits per heavy atom. The van der Waals surface area contributed by atoms with E-state index in [1.54, 1.807) is 7.11 Å². The molecule has 0 bridgehead atoms. The molecule has 0 spiro atoms. The molecule has 6 heteroatoms. The van der Waals surface area contributed by atoms with Crippen molar-refractivity contribution in [2.75, 3.05) is 19.4 Å². The Balaban J connectivity index is 1.80. The lowest BCUT2D eigenvalue weighted by Gasteiger charge is -2.12. The Labute approximate surface area is 160 Å². The summed E-state index contributed by atoms with van der Waals surface area (Å²) < 4.78 is 7.37. The van der Waals surface area contributed by atoms with Gasteiger partial charge in [0.15, 0.2) is 5.16 Å². The van der Waals surface area contributed by atoms with E-state index in [9.17, 15) is 4.79 Å². The minimum Gasteiger partial charge on any atom is -0.497 e. The molecule has 5 nitrogen and oxygen atoms in total. The smallest absolute Gasteiger partial charge is 0.230 e. The van der Waals surface area contributed by atoms with Crippen molar-refractivity contribution in [3.8, 4) is 5.75 Å². The molecule has 1 amide bonds. The standard InChI is InChI=1S/C20H29N3O2S/c1-14(2)12-23-16(4)15(3)22-20(23)26-13-19(24)21-11-10-17-6-8-18(25-5)9-7-17/h6-9,14H,10-13H2,1-5H3,(H,21,24). The second kappa shape index (κ2) is 9.67. The van der Waals surface area contributed by atoms with Gasteiger partial charge >= 0.3 is 0 Å². The van der Waals surface area contributed by atoms with Gasteiger partial charge in [-0.25, -0.2) is 4.98 Å². The predicted molar refractivity (Wildman–Crippen MR) is 107 cm³/mol. The predicted octanol–water partition coefficient (Wildman–Crippen LogP) is 3.62. The molecule has 0 saturated carbocycles. The molecule has 2 aromatic rings. The van der Waals surface area contributed by atoms with Crippen LogP contribution in [0.1, 0.15) is 30.8 Å². The van der Waals surface area contributed by atoms with Crippen LogP contribution >= 0.6 is 11.8 Å². The molecular weight excluding hydrogens is 346 g/mol. The highest BCUT2D eigenvalue weighted by Gasteiger charge is 2.14. The Hall–Kier alpha value is -1.95. The van der Waals surface area contributed by atoms with Crippen LogP contribution < -0.4 is 10.1 Å². The maximum atomic E-state index is 12.1. The quantitative estimate of drug-likeness (QED) is 0.680. The van der Waals surface area contributed by atoms with Gasteiger partial charge in [-0.1, -0.05) is 37.7 Å². The number of ether oxygens (including phenoxy) is 1. The van der Waals surface area contributed by atoms with Gasteiger partial charge in [-0.3, -0.25) is 4.79 Å². The number of amides is 1. The number of thioether (sulfide) groups is 1. The Morgan fingerprint density at radius 2 is 1.96 bits per heavy atom. The Morgan fingerprint density at radius 3 is 2.58 bits per heavy atom. The van der Waals surface area contributed by atoms with Crippen molar-refractivity contribution in [3.05, 3.63) is 41.2 Å². The number of aryl methyl sites for hydroxylation is 1. The van der Waals surface area contributed by atoms with Gasteiger partial charge in [0.25, 0.3) is 0 Å². The van der Waals surface area contributed by atoms with Crippen molar-refractivity contribution in [3.63, 3.8) is 0 Å². The van der Waals surface area contributed by atoms with E-state index in [0.29, 0.717) is 18.2 Å². The summed E-state index contributed by atoms with van der Waals surface area (Å²) in [4.78, 5) is 16.8. The molecule has 1 aromatic heterocycles. The average molecular weight is 376 g/mol. The van der Waals surface area contributed by atoms with Crippen LogP contribution in [0.5, 0.6) is 5.75 Å². The van der Waals surface area contributed by atoms with Crippen LogP contribution in [-0.4, -0.2) is 34.9 Å². The number of carbonyl (C=O) groups is 1. The third-order valence-corrected chi connectivity index (χ3v) is 5.17. The molecule has 0 fully saturated rings. The summed E-state index contributed by atoms with van der Waals surface area (Å²) in [5.74, 6) is 1.81. The van der Waals surface area contributed by atoms with E-state index >= 15 is 0 Å². The molecule has 0 aliphatic rings. The van der Waals surface area contributed by atoms with Crippen LogP contribution in [0.25, 0.3) is 0 Å². The SMILES string of the molecule is COc1ccc(CCNC(=O)CSc2nc(C)c(C)n2CC(C)C)cc1. The van der Waals surface area contributed by atoms with Crippen LogP contribution in [0.15, 0.2) is 29.4 Å².